The third-order valence-corrected chi connectivity index (χ3v) is 4.65. The largest absolute Gasteiger partial charge is 0.329 e. The van der Waals surface area contributed by atoms with Gasteiger partial charge in [0, 0.05) is 12.2 Å². The molecule has 2 aromatic rings. The molecule has 0 bridgehead atoms. The molecule has 6 nitrogen and oxygen atoms in total. The molecular formula is C13H17FN4O2S. The number of hydrogen-bond donors (Lipinski definition) is 2. The van der Waals surface area contributed by atoms with Crippen LogP contribution in [0.5, 0.6) is 0 Å². The number of nitrogens with zero attached hydrogens (tertiary/aromatic N) is 2. The molecular weight excluding hydrogens is 295 g/mol. The minimum absolute atomic E-state index is 0.125. The first-order chi connectivity index (χ1) is 9.85. The van der Waals surface area contributed by atoms with Crippen molar-refractivity contribution < 1.29 is 12.8 Å². The van der Waals surface area contributed by atoms with E-state index >= 15 is 0 Å². The van der Waals surface area contributed by atoms with Crippen LogP contribution in [0.2, 0.25) is 0 Å². The lowest BCUT2D eigenvalue weighted by Gasteiger charge is -2.08. The van der Waals surface area contributed by atoms with Crippen LogP contribution >= 0.6 is 0 Å². The molecule has 0 amide bonds. The molecule has 0 aliphatic rings. The van der Waals surface area contributed by atoms with E-state index in [1.54, 1.807) is 18.5 Å². The van der Waals surface area contributed by atoms with Crippen LogP contribution in [0.4, 0.5) is 10.1 Å². The molecule has 114 valence electrons. The maximum Gasteiger partial charge on any atom is 0.265 e. The SMILES string of the molecule is Cc1nn(CCN)c(C)c1S(=O)(=O)Nc1ccc(F)cc1. The summed E-state index contributed by atoms with van der Waals surface area (Å²) >= 11 is 0. The van der Waals surface area contributed by atoms with Crippen LogP contribution < -0.4 is 10.5 Å². The highest BCUT2D eigenvalue weighted by molar-refractivity contribution is 7.92. The molecule has 8 heteroatoms. The number of aryl methyl sites for hydroxylation is 1. The van der Waals surface area contributed by atoms with Gasteiger partial charge in [0.25, 0.3) is 10.0 Å². The van der Waals surface area contributed by atoms with Gasteiger partial charge in [0.05, 0.1) is 17.9 Å². The zero-order chi connectivity index (χ0) is 15.6. The van der Waals surface area contributed by atoms with Gasteiger partial charge in [-0.05, 0) is 38.1 Å². The van der Waals surface area contributed by atoms with E-state index in [1.807, 2.05) is 0 Å². The lowest BCUT2D eigenvalue weighted by atomic mass is 10.3. The van der Waals surface area contributed by atoms with Crippen LogP contribution in [0, 0.1) is 19.7 Å². The van der Waals surface area contributed by atoms with Crippen LogP contribution in [0.1, 0.15) is 11.4 Å². The normalized spacial score (nSPS) is 11.6. The Morgan fingerprint density at radius 1 is 1.29 bits per heavy atom. The summed E-state index contributed by atoms with van der Waals surface area (Å²) in [4.78, 5) is 0.125. The Labute approximate surface area is 122 Å². The van der Waals surface area contributed by atoms with E-state index < -0.39 is 15.8 Å². The maximum atomic E-state index is 12.9. The molecule has 0 saturated carbocycles. The fourth-order valence-corrected chi connectivity index (χ4v) is 3.61. The summed E-state index contributed by atoms with van der Waals surface area (Å²) in [6.45, 7) is 4.11. The van der Waals surface area contributed by atoms with Gasteiger partial charge in [-0.3, -0.25) is 9.40 Å². The van der Waals surface area contributed by atoms with E-state index in [0.717, 1.165) is 0 Å². The van der Waals surface area contributed by atoms with E-state index in [2.05, 4.69) is 9.82 Å². The first kappa shape index (κ1) is 15.5. The van der Waals surface area contributed by atoms with Gasteiger partial charge in [-0.1, -0.05) is 0 Å². The Morgan fingerprint density at radius 2 is 1.90 bits per heavy atom. The highest BCUT2D eigenvalue weighted by Crippen LogP contribution is 2.22. The standard InChI is InChI=1S/C13H17FN4O2S/c1-9-13(10(2)18(16-9)8-7-15)21(19,20)17-12-5-3-11(14)4-6-12/h3-6,17H,7-8,15H2,1-2H3. The van der Waals surface area contributed by atoms with Crippen molar-refractivity contribution in [3.05, 3.63) is 41.5 Å². The summed E-state index contributed by atoms with van der Waals surface area (Å²) in [5.41, 5.74) is 6.69. The quantitative estimate of drug-likeness (QED) is 0.873. The number of rotatable bonds is 5. The van der Waals surface area contributed by atoms with Gasteiger partial charge in [0.15, 0.2) is 0 Å². The van der Waals surface area contributed by atoms with Crippen LogP contribution in [0.25, 0.3) is 0 Å². The summed E-state index contributed by atoms with van der Waals surface area (Å²) in [5, 5.41) is 4.18. The highest BCUT2D eigenvalue weighted by Gasteiger charge is 2.24. The van der Waals surface area contributed by atoms with Crippen LogP contribution in [-0.4, -0.2) is 24.7 Å². The topological polar surface area (TPSA) is 90.0 Å². The molecule has 3 N–H and O–H groups in total. The molecule has 1 aromatic heterocycles. The van der Waals surface area contributed by atoms with Gasteiger partial charge in [-0.2, -0.15) is 5.10 Å². The van der Waals surface area contributed by atoms with E-state index in [1.165, 1.54) is 24.3 Å². The Bertz CT molecular complexity index is 738. The molecule has 0 saturated heterocycles. The molecule has 1 aromatic carbocycles. The Balaban J connectivity index is 2.38. The zero-order valence-corrected chi connectivity index (χ0v) is 12.6. The number of nitrogens with two attached hydrogens (primary N) is 1. The van der Waals surface area contributed by atoms with Crippen molar-refractivity contribution in [3.8, 4) is 0 Å². The van der Waals surface area contributed by atoms with Crippen molar-refractivity contribution in [1.29, 1.82) is 0 Å². The summed E-state index contributed by atoms with van der Waals surface area (Å²) < 4.78 is 41.8. The second-order valence-electron chi connectivity index (χ2n) is 4.62. The number of nitrogens with one attached hydrogen (secondary N) is 1. The first-order valence-corrected chi connectivity index (χ1v) is 7.86. The smallest absolute Gasteiger partial charge is 0.265 e. The molecule has 0 fully saturated rings. The Kier molecular flexibility index (Phi) is 4.29. The number of hydrogen-bond acceptors (Lipinski definition) is 4. The van der Waals surface area contributed by atoms with E-state index in [-0.39, 0.29) is 4.90 Å². The zero-order valence-electron chi connectivity index (χ0n) is 11.8. The molecule has 0 spiro atoms. The lowest BCUT2D eigenvalue weighted by molar-refractivity contribution is 0.593. The van der Waals surface area contributed by atoms with Crippen molar-refractivity contribution in [2.45, 2.75) is 25.3 Å². The van der Waals surface area contributed by atoms with Crippen LogP contribution in [0.3, 0.4) is 0 Å². The molecule has 21 heavy (non-hydrogen) atoms. The number of halogens is 1. The van der Waals surface area contributed by atoms with Crippen molar-refractivity contribution in [2.75, 3.05) is 11.3 Å². The fourth-order valence-electron chi connectivity index (χ4n) is 2.13. The molecule has 0 aliphatic carbocycles. The summed E-state index contributed by atoms with van der Waals surface area (Å²) in [7, 11) is -3.78. The summed E-state index contributed by atoms with van der Waals surface area (Å²) in [5.74, 6) is -0.430. The second kappa shape index (κ2) is 5.82. The summed E-state index contributed by atoms with van der Waals surface area (Å²) in [6.07, 6.45) is 0. The Morgan fingerprint density at radius 3 is 2.48 bits per heavy atom. The Hall–Kier alpha value is -1.93. The van der Waals surface area contributed by atoms with Crippen LogP contribution in [0.15, 0.2) is 29.2 Å². The molecule has 0 radical (unpaired) electrons. The van der Waals surface area contributed by atoms with Gasteiger partial charge in [0.2, 0.25) is 0 Å². The molecule has 0 atom stereocenters. The minimum atomic E-state index is -3.78. The average Bonchev–Trinajstić information content (AvgIpc) is 2.68. The van der Waals surface area contributed by atoms with Gasteiger partial charge in [-0.25, -0.2) is 12.8 Å². The van der Waals surface area contributed by atoms with Gasteiger partial charge < -0.3 is 5.73 Å². The van der Waals surface area contributed by atoms with Gasteiger partial charge in [0.1, 0.15) is 10.7 Å². The predicted molar refractivity (Wildman–Crippen MR) is 78.0 cm³/mol. The van der Waals surface area contributed by atoms with E-state index in [9.17, 15) is 12.8 Å². The van der Waals surface area contributed by atoms with Crippen LogP contribution in [-0.2, 0) is 16.6 Å². The van der Waals surface area contributed by atoms with E-state index in [4.69, 9.17) is 5.73 Å². The maximum absolute atomic E-state index is 12.9. The first-order valence-electron chi connectivity index (χ1n) is 6.37. The number of anilines is 1. The van der Waals surface area contributed by atoms with Gasteiger partial charge >= 0.3 is 0 Å². The molecule has 2 rings (SSSR count). The average molecular weight is 312 g/mol. The lowest BCUT2D eigenvalue weighted by Crippen LogP contribution is -2.16. The third-order valence-electron chi connectivity index (χ3n) is 3.02. The molecule has 0 aliphatic heterocycles. The van der Waals surface area contributed by atoms with Crippen molar-refractivity contribution in [3.63, 3.8) is 0 Å². The predicted octanol–water partition coefficient (Wildman–Crippen LogP) is 1.40. The van der Waals surface area contributed by atoms with E-state index in [0.29, 0.717) is 30.2 Å². The number of aromatic nitrogens is 2. The minimum Gasteiger partial charge on any atom is -0.329 e. The highest BCUT2D eigenvalue weighted by atomic mass is 32.2. The number of benzene rings is 1. The summed E-state index contributed by atoms with van der Waals surface area (Å²) in [6, 6.07) is 5.11. The molecule has 1 heterocycles. The third kappa shape index (κ3) is 3.22. The fraction of sp³-hybridized carbons (Fsp3) is 0.308. The molecule has 0 unspecified atom stereocenters. The number of sulfonamides is 1. The van der Waals surface area contributed by atoms with Gasteiger partial charge in [-0.15, -0.1) is 0 Å². The van der Waals surface area contributed by atoms with Crippen molar-refractivity contribution >= 4 is 15.7 Å². The van der Waals surface area contributed by atoms with Crippen molar-refractivity contribution in [2.24, 2.45) is 5.73 Å². The monoisotopic (exact) mass is 312 g/mol. The van der Waals surface area contributed by atoms with Crippen molar-refractivity contribution in [1.82, 2.24) is 9.78 Å². The second-order valence-corrected chi connectivity index (χ2v) is 6.24.